The normalized spacial score (nSPS) is 22.7. The molecule has 2 saturated heterocycles. The van der Waals surface area contributed by atoms with Crippen molar-refractivity contribution in [2.75, 3.05) is 19.8 Å². The lowest BCUT2D eigenvalue weighted by Gasteiger charge is -2.27. The SMILES string of the molecule is CC(C)NC(=O)c1ccc(OCC2CCCN2C(=O)C2CCCO2)cc1. The summed E-state index contributed by atoms with van der Waals surface area (Å²) in [5.74, 6) is 0.729. The van der Waals surface area contributed by atoms with Crippen LogP contribution in [0.3, 0.4) is 0 Å². The Labute approximate surface area is 154 Å². The summed E-state index contributed by atoms with van der Waals surface area (Å²) >= 11 is 0. The van der Waals surface area contributed by atoms with Crippen LogP contribution in [0.2, 0.25) is 0 Å². The molecule has 0 saturated carbocycles. The van der Waals surface area contributed by atoms with Gasteiger partial charge in [-0.15, -0.1) is 0 Å². The van der Waals surface area contributed by atoms with Gasteiger partial charge in [-0.05, 0) is 63.8 Å². The summed E-state index contributed by atoms with van der Waals surface area (Å²) in [6, 6.07) is 7.32. The molecule has 1 aromatic rings. The number of carbonyl (C=O) groups excluding carboxylic acids is 2. The van der Waals surface area contributed by atoms with E-state index in [0.29, 0.717) is 24.5 Å². The van der Waals surface area contributed by atoms with Crippen molar-refractivity contribution in [3.8, 4) is 5.75 Å². The van der Waals surface area contributed by atoms with Crippen LogP contribution in [0.25, 0.3) is 0 Å². The van der Waals surface area contributed by atoms with Crippen LogP contribution in [-0.2, 0) is 9.53 Å². The fourth-order valence-electron chi connectivity index (χ4n) is 3.50. The van der Waals surface area contributed by atoms with E-state index in [-0.39, 0.29) is 30.0 Å². The van der Waals surface area contributed by atoms with Crippen LogP contribution in [0.5, 0.6) is 5.75 Å². The average Bonchev–Trinajstić information content (AvgIpc) is 3.31. The summed E-state index contributed by atoms with van der Waals surface area (Å²) in [5.41, 5.74) is 0.613. The number of nitrogens with one attached hydrogen (secondary N) is 1. The Morgan fingerprint density at radius 1 is 1.23 bits per heavy atom. The quantitative estimate of drug-likeness (QED) is 0.846. The summed E-state index contributed by atoms with van der Waals surface area (Å²) in [6.07, 6.45) is 3.47. The zero-order chi connectivity index (χ0) is 18.5. The number of nitrogens with zero attached hydrogens (tertiary/aromatic N) is 1. The molecule has 142 valence electrons. The lowest BCUT2D eigenvalue weighted by molar-refractivity contribution is -0.142. The monoisotopic (exact) mass is 360 g/mol. The molecule has 0 radical (unpaired) electrons. The summed E-state index contributed by atoms with van der Waals surface area (Å²) in [6.45, 7) is 5.79. The number of amides is 2. The molecule has 2 atom stereocenters. The van der Waals surface area contributed by atoms with E-state index in [2.05, 4.69) is 5.32 Å². The fraction of sp³-hybridized carbons (Fsp3) is 0.600. The fourth-order valence-corrected chi connectivity index (χ4v) is 3.50. The van der Waals surface area contributed by atoms with Gasteiger partial charge in [0.1, 0.15) is 18.5 Å². The van der Waals surface area contributed by atoms with Gasteiger partial charge in [0.15, 0.2) is 0 Å². The Bertz CT molecular complexity index is 623. The van der Waals surface area contributed by atoms with Crippen molar-refractivity contribution in [3.05, 3.63) is 29.8 Å². The molecule has 0 spiro atoms. The number of ether oxygens (including phenoxy) is 2. The van der Waals surface area contributed by atoms with Crippen molar-refractivity contribution in [1.82, 2.24) is 10.2 Å². The largest absolute Gasteiger partial charge is 0.491 e. The Hall–Kier alpha value is -2.08. The smallest absolute Gasteiger partial charge is 0.252 e. The molecule has 2 aliphatic rings. The van der Waals surface area contributed by atoms with Crippen LogP contribution >= 0.6 is 0 Å². The summed E-state index contributed by atoms with van der Waals surface area (Å²) in [4.78, 5) is 26.5. The van der Waals surface area contributed by atoms with E-state index in [1.807, 2.05) is 18.7 Å². The standard InChI is InChI=1S/C20H28N2O4/c1-14(2)21-19(23)15-7-9-17(10-8-15)26-13-16-5-3-11-22(16)20(24)18-6-4-12-25-18/h7-10,14,16,18H,3-6,11-13H2,1-2H3,(H,21,23). The van der Waals surface area contributed by atoms with E-state index in [0.717, 1.165) is 32.2 Å². The van der Waals surface area contributed by atoms with Crippen molar-refractivity contribution in [2.45, 2.75) is 57.7 Å². The van der Waals surface area contributed by atoms with Gasteiger partial charge in [-0.25, -0.2) is 0 Å². The second kappa shape index (κ2) is 8.54. The Balaban J connectivity index is 1.53. The van der Waals surface area contributed by atoms with E-state index < -0.39 is 0 Å². The molecular formula is C20H28N2O4. The molecule has 1 aromatic carbocycles. The highest BCUT2D eigenvalue weighted by molar-refractivity contribution is 5.94. The Morgan fingerprint density at radius 2 is 2.00 bits per heavy atom. The number of hydrogen-bond acceptors (Lipinski definition) is 4. The van der Waals surface area contributed by atoms with Gasteiger partial charge in [0.25, 0.3) is 11.8 Å². The number of carbonyl (C=O) groups is 2. The second-order valence-electron chi connectivity index (χ2n) is 7.29. The van der Waals surface area contributed by atoms with Gasteiger partial charge in [0.05, 0.1) is 6.04 Å². The van der Waals surface area contributed by atoms with Gasteiger partial charge in [-0.1, -0.05) is 0 Å². The first-order chi connectivity index (χ1) is 12.5. The first-order valence-corrected chi connectivity index (χ1v) is 9.50. The molecule has 6 heteroatoms. The minimum absolute atomic E-state index is 0.0873. The molecule has 3 rings (SSSR count). The number of rotatable bonds is 6. The van der Waals surface area contributed by atoms with Crippen LogP contribution < -0.4 is 10.1 Å². The molecular weight excluding hydrogens is 332 g/mol. The van der Waals surface area contributed by atoms with E-state index in [1.165, 1.54) is 0 Å². The van der Waals surface area contributed by atoms with Crippen LogP contribution in [0, 0.1) is 0 Å². The van der Waals surface area contributed by atoms with E-state index in [4.69, 9.17) is 9.47 Å². The maximum Gasteiger partial charge on any atom is 0.252 e. The van der Waals surface area contributed by atoms with Crippen molar-refractivity contribution in [1.29, 1.82) is 0 Å². The third-order valence-corrected chi connectivity index (χ3v) is 4.84. The first-order valence-electron chi connectivity index (χ1n) is 9.50. The van der Waals surface area contributed by atoms with E-state index >= 15 is 0 Å². The first kappa shape index (κ1) is 18.7. The molecule has 2 unspecified atom stereocenters. The van der Waals surface area contributed by atoms with Crippen molar-refractivity contribution in [3.63, 3.8) is 0 Å². The third-order valence-electron chi connectivity index (χ3n) is 4.84. The Kier molecular flexibility index (Phi) is 6.14. The lowest BCUT2D eigenvalue weighted by Crippen LogP contribution is -2.44. The van der Waals surface area contributed by atoms with Gasteiger partial charge in [0.2, 0.25) is 0 Å². The minimum Gasteiger partial charge on any atom is -0.491 e. The Morgan fingerprint density at radius 3 is 2.65 bits per heavy atom. The highest BCUT2D eigenvalue weighted by atomic mass is 16.5. The molecule has 0 bridgehead atoms. The molecule has 26 heavy (non-hydrogen) atoms. The molecule has 2 fully saturated rings. The molecule has 2 aliphatic heterocycles. The summed E-state index contributed by atoms with van der Waals surface area (Å²) < 4.78 is 11.4. The topological polar surface area (TPSA) is 67.9 Å². The number of benzene rings is 1. The molecule has 2 heterocycles. The van der Waals surface area contributed by atoms with Gasteiger partial charge < -0.3 is 19.7 Å². The predicted molar refractivity (Wildman–Crippen MR) is 98.2 cm³/mol. The average molecular weight is 360 g/mol. The highest BCUT2D eigenvalue weighted by Crippen LogP contribution is 2.23. The van der Waals surface area contributed by atoms with Crippen molar-refractivity contribution < 1.29 is 19.1 Å². The van der Waals surface area contributed by atoms with Gasteiger partial charge in [-0.2, -0.15) is 0 Å². The maximum absolute atomic E-state index is 12.6. The second-order valence-corrected chi connectivity index (χ2v) is 7.29. The van der Waals surface area contributed by atoms with Gasteiger partial charge in [-0.3, -0.25) is 9.59 Å². The predicted octanol–water partition coefficient (Wildman–Crippen LogP) is 2.37. The zero-order valence-electron chi connectivity index (χ0n) is 15.6. The van der Waals surface area contributed by atoms with E-state index in [9.17, 15) is 9.59 Å². The van der Waals surface area contributed by atoms with E-state index in [1.54, 1.807) is 24.3 Å². The lowest BCUT2D eigenvalue weighted by atomic mass is 10.2. The van der Waals surface area contributed by atoms with Crippen LogP contribution in [0.4, 0.5) is 0 Å². The molecule has 2 amide bonds. The van der Waals surface area contributed by atoms with Crippen molar-refractivity contribution >= 4 is 11.8 Å². The molecule has 0 aliphatic carbocycles. The van der Waals surface area contributed by atoms with Gasteiger partial charge >= 0.3 is 0 Å². The molecule has 1 N–H and O–H groups in total. The minimum atomic E-state index is -0.269. The third kappa shape index (κ3) is 4.55. The highest BCUT2D eigenvalue weighted by Gasteiger charge is 2.35. The van der Waals surface area contributed by atoms with Crippen LogP contribution in [0.15, 0.2) is 24.3 Å². The maximum atomic E-state index is 12.6. The summed E-state index contributed by atoms with van der Waals surface area (Å²) in [7, 11) is 0. The molecule has 6 nitrogen and oxygen atoms in total. The van der Waals surface area contributed by atoms with Crippen LogP contribution in [0.1, 0.15) is 49.9 Å². The number of likely N-dealkylation sites (tertiary alicyclic amines) is 1. The zero-order valence-corrected chi connectivity index (χ0v) is 15.6. The van der Waals surface area contributed by atoms with Gasteiger partial charge in [0, 0.05) is 24.8 Å². The summed E-state index contributed by atoms with van der Waals surface area (Å²) in [5, 5.41) is 2.86. The van der Waals surface area contributed by atoms with Crippen LogP contribution in [-0.4, -0.2) is 54.7 Å². The molecule has 0 aromatic heterocycles. The van der Waals surface area contributed by atoms with Crippen molar-refractivity contribution in [2.24, 2.45) is 0 Å². The number of hydrogen-bond donors (Lipinski definition) is 1.